The van der Waals surface area contributed by atoms with Gasteiger partial charge < -0.3 is 9.47 Å². The van der Waals surface area contributed by atoms with Gasteiger partial charge in [-0.3, -0.25) is 9.59 Å². The molecule has 0 spiro atoms. The summed E-state index contributed by atoms with van der Waals surface area (Å²) in [6, 6.07) is 9.37. The van der Waals surface area contributed by atoms with Crippen molar-refractivity contribution < 1.29 is 19.1 Å². The number of esters is 2. The van der Waals surface area contributed by atoms with Crippen molar-refractivity contribution in [2.24, 2.45) is 11.3 Å². The number of hydrogen-bond donors (Lipinski definition) is 0. The van der Waals surface area contributed by atoms with Crippen LogP contribution in [0.15, 0.2) is 43.0 Å². The minimum atomic E-state index is -1.22. The quantitative estimate of drug-likeness (QED) is 0.476. The van der Waals surface area contributed by atoms with Crippen LogP contribution >= 0.6 is 0 Å². The molecule has 1 aromatic carbocycles. The Balaban J connectivity index is 2.06. The second kappa shape index (κ2) is 5.95. The van der Waals surface area contributed by atoms with Crippen molar-refractivity contribution in [1.29, 1.82) is 0 Å². The van der Waals surface area contributed by atoms with Crippen LogP contribution in [0.2, 0.25) is 0 Å². The van der Waals surface area contributed by atoms with E-state index >= 15 is 0 Å². The molecule has 0 N–H and O–H groups in total. The summed E-state index contributed by atoms with van der Waals surface area (Å²) in [5.74, 6) is -1.27. The summed E-state index contributed by atoms with van der Waals surface area (Å²) < 4.78 is 10.7. The Kier molecular flexibility index (Phi) is 4.40. The van der Waals surface area contributed by atoms with Crippen LogP contribution in [-0.2, 0) is 25.7 Å². The van der Waals surface area contributed by atoms with Crippen molar-refractivity contribution in [3.8, 4) is 0 Å². The Hall–Kier alpha value is -2.10. The fraction of sp³-hybridized carbons (Fsp3) is 0.444. The third kappa shape index (κ3) is 3.38. The molecule has 1 fully saturated rings. The van der Waals surface area contributed by atoms with Crippen molar-refractivity contribution in [2.45, 2.75) is 39.4 Å². The molecule has 1 aromatic rings. The van der Waals surface area contributed by atoms with E-state index in [4.69, 9.17) is 9.47 Å². The molecule has 0 amide bonds. The molecule has 1 aliphatic rings. The Morgan fingerprint density at radius 2 is 1.91 bits per heavy atom. The summed E-state index contributed by atoms with van der Waals surface area (Å²) >= 11 is 0. The predicted molar refractivity (Wildman–Crippen MR) is 82.8 cm³/mol. The molecule has 0 bridgehead atoms. The van der Waals surface area contributed by atoms with Crippen LogP contribution < -0.4 is 0 Å². The van der Waals surface area contributed by atoms with Crippen molar-refractivity contribution in [2.75, 3.05) is 0 Å². The smallest absolute Gasteiger partial charge is 0.324 e. The molecule has 1 aliphatic carbocycles. The molecule has 4 heteroatoms. The van der Waals surface area contributed by atoms with E-state index in [9.17, 15) is 9.59 Å². The molecule has 0 aliphatic heterocycles. The predicted octanol–water partition coefficient (Wildman–Crippen LogP) is 3.26. The highest BCUT2D eigenvalue weighted by Gasteiger charge is 2.67. The van der Waals surface area contributed by atoms with E-state index in [1.165, 1.54) is 0 Å². The zero-order valence-corrected chi connectivity index (χ0v) is 13.3. The fourth-order valence-corrected chi connectivity index (χ4v) is 2.35. The molecule has 0 heterocycles. The number of allylic oxidation sites excluding steroid dienone is 1. The third-order valence-corrected chi connectivity index (χ3v) is 3.64. The van der Waals surface area contributed by atoms with Crippen LogP contribution in [0.4, 0.5) is 0 Å². The van der Waals surface area contributed by atoms with Crippen molar-refractivity contribution >= 4 is 11.9 Å². The first-order chi connectivity index (χ1) is 10.3. The van der Waals surface area contributed by atoms with E-state index in [0.717, 1.165) is 5.56 Å². The lowest BCUT2D eigenvalue weighted by Gasteiger charge is -2.23. The van der Waals surface area contributed by atoms with E-state index in [0.29, 0.717) is 6.42 Å². The van der Waals surface area contributed by atoms with Gasteiger partial charge in [0.2, 0.25) is 0 Å². The van der Waals surface area contributed by atoms with Crippen LogP contribution in [-0.4, -0.2) is 17.5 Å². The first kappa shape index (κ1) is 16.3. The van der Waals surface area contributed by atoms with Gasteiger partial charge in [-0.15, -0.1) is 6.58 Å². The minimum absolute atomic E-state index is 0.147. The van der Waals surface area contributed by atoms with Gasteiger partial charge in [0.25, 0.3) is 0 Å². The maximum atomic E-state index is 12.4. The zero-order valence-electron chi connectivity index (χ0n) is 13.3. The summed E-state index contributed by atoms with van der Waals surface area (Å²) in [5, 5.41) is 0. The lowest BCUT2D eigenvalue weighted by atomic mass is 10.0. The van der Waals surface area contributed by atoms with Gasteiger partial charge in [0.05, 0.1) is 0 Å². The summed E-state index contributed by atoms with van der Waals surface area (Å²) in [4.78, 5) is 24.8. The number of benzene rings is 1. The summed E-state index contributed by atoms with van der Waals surface area (Å²) in [5.41, 5.74) is -0.979. The molecule has 0 aromatic heterocycles. The van der Waals surface area contributed by atoms with Gasteiger partial charge in [-0.2, -0.15) is 0 Å². The Morgan fingerprint density at radius 1 is 1.27 bits per heavy atom. The molecular formula is C18H22O4. The first-order valence-corrected chi connectivity index (χ1v) is 7.37. The van der Waals surface area contributed by atoms with Crippen LogP contribution in [0.5, 0.6) is 0 Å². The third-order valence-electron chi connectivity index (χ3n) is 3.64. The summed E-state index contributed by atoms with van der Waals surface area (Å²) in [6.45, 7) is 9.16. The Labute approximate surface area is 131 Å². The minimum Gasteiger partial charge on any atom is -0.460 e. The van der Waals surface area contributed by atoms with Crippen LogP contribution in [0.1, 0.15) is 32.8 Å². The second-order valence-electron chi connectivity index (χ2n) is 6.58. The van der Waals surface area contributed by atoms with Crippen LogP contribution in [0.25, 0.3) is 0 Å². The van der Waals surface area contributed by atoms with Gasteiger partial charge in [0.1, 0.15) is 12.2 Å². The molecule has 4 nitrogen and oxygen atoms in total. The van der Waals surface area contributed by atoms with Crippen LogP contribution in [0.3, 0.4) is 0 Å². The summed E-state index contributed by atoms with van der Waals surface area (Å²) in [6.07, 6.45) is 2.02. The normalized spacial score (nSPS) is 23.5. The highest BCUT2D eigenvalue weighted by Crippen LogP contribution is 2.55. The maximum absolute atomic E-state index is 12.4. The largest absolute Gasteiger partial charge is 0.460 e. The van der Waals surface area contributed by atoms with Crippen molar-refractivity contribution in [1.82, 2.24) is 0 Å². The first-order valence-electron chi connectivity index (χ1n) is 7.37. The Morgan fingerprint density at radius 3 is 2.41 bits per heavy atom. The summed E-state index contributed by atoms with van der Waals surface area (Å²) in [7, 11) is 0. The van der Waals surface area contributed by atoms with Crippen molar-refractivity contribution in [3.05, 3.63) is 48.6 Å². The monoisotopic (exact) mass is 302 g/mol. The average molecular weight is 302 g/mol. The number of hydrogen-bond acceptors (Lipinski definition) is 4. The van der Waals surface area contributed by atoms with Crippen molar-refractivity contribution in [3.63, 3.8) is 0 Å². The lowest BCUT2D eigenvalue weighted by molar-refractivity contribution is -0.173. The molecule has 1 saturated carbocycles. The molecule has 0 radical (unpaired) electrons. The second-order valence-corrected chi connectivity index (χ2v) is 6.58. The highest BCUT2D eigenvalue weighted by atomic mass is 16.6. The zero-order chi connectivity index (χ0) is 16.4. The molecule has 2 unspecified atom stereocenters. The highest BCUT2D eigenvalue weighted by molar-refractivity contribution is 6.04. The molecule has 118 valence electrons. The average Bonchev–Trinajstić information content (AvgIpc) is 3.20. The van der Waals surface area contributed by atoms with E-state index in [1.807, 2.05) is 30.3 Å². The SMILES string of the molecule is C=CC1CC1(C(=O)OCc1ccccc1)C(=O)OC(C)(C)C. The van der Waals surface area contributed by atoms with E-state index in [-0.39, 0.29) is 12.5 Å². The number of ether oxygens (including phenoxy) is 2. The number of rotatable bonds is 5. The van der Waals surface area contributed by atoms with Gasteiger partial charge in [-0.25, -0.2) is 0 Å². The van der Waals surface area contributed by atoms with E-state index in [2.05, 4.69) is 6.58 Å². The maximum Gasteiger partial charge on any atom is 0.324 e. The topological polar surface area (TPSA) is 52.6 Å². The molecular weight excluding hydrogens is 280 g/mol. The van der Waals surface area contributed by atoms with Gasteiger partial charge in [0.15, 0.2) is 5.41 Å². The molecule has 0 saturated heterocycles. The van der Waals surface area contributed by atoms with Gasteiger partial charge in [0, 0.05) is 5.92 Å². The standard InChI is InChI=1S/C18H22O4/c1-5-14-11-18(14,16(20)22-17(2,3)4)15(19)21-12-13-9-7-6-8-10-13/h5-10,14H,1,11-12H2,2-4H3. The van der Waals surface area contributed by atoms with Gasteiger partial charge in [-0.05, 0) is 32.8 Å². The molecule has 2 rings (SSSR count). The number of carbonyl (C=O) groups excluding carboxylic acids is 2. The van der Waals surface area contributed by atoms with E-state index < -0.39 is 23.0 Å². The van der Waals surface area contributed by atoms with E-state index in [1.54, 1.807) is 26.8 Å². The van der Waals surface area contributed by atoms with Crippen LogP contribution in [0, 0.1) is 11.3 Å². The Bertz CT molecular complexity index is 570. The van der Waals surface area contributed by atoms with Gasteiger partial charge >= 0.3 is 11.9 Å². The van der Waals surface area contributed by atoms with Gasteiger partial charge in [-0.1, -0.05) is 36.4 Å². The fourth-order valence-electron chi connectivity index (χ4n) is 2.35. The number of carbonyl (C=O) groups is 2. The molecule has 2 atom stereocenters. The molecule has 22 heavy (non-hydrogen) atoms. The lowest BCUT2D eigenvalue weighted by Crippen LogP contribution is -2.36.